The van der Waals surface area contributed by atoms with E-state index in [0.717, 1.165) is 0 Å². The SMILES string of the molecule is CC1CN(C(=O)c2ncccc2O)CC(C)N1. The van der Waals surface area contributed by atoms with Gasteiger partial charge < -0.3 is 15.3 Å². The molecule has 2 atom stereocenters. The summed E-state index contributed by atoms with van der Waals surface area (Å²) in [5.41, 5.74) is 0.133. The van der Waals surface area contributed by atoms with Crippen LogP contribution in [0.5, 0.6) is 5.75 Å². The van der Waals surface area contributed by atoms with E-state index in [1.165, 1.54) is 12.3 Å². The molecule has 2 N–H and O–H groups in total. The van der Waals surface area contributed by atoms with Crippen molar-refractivity contribution in [3.63, 3.8) is 0 Å². The third-order valence-electron chi connectivity index (χ3n) is 2.83. The fourth-order valence-electron chi connectivity index (χ4n) is 2.20. The quantitative estimate of drug-likeness (QED) is 0.748. The number of nitrogens with one attached hydrogen (secondary N) is 1. The summed E-state index contributed by atoms with van der Waals surface area (Å²) in [6.07, 6.45) is 1.52. The number of carbonyl (C=O) groups is 1. The van der Waals surface area contributed by atoms with E-state index in [1.807, 2.05) is 13.8 Å². The zero-order valence-corrected chi connectivity index (χ0v) is 10.1. The van der Waals surface area contributed by atoms with E-state index in [-0.39, 0.29) is 29.4 Å². The highest BCUT2D eigenvalue weighted by Crippen LogP contribution is 2.16. The predicted molar refractivity (Wildman–Crippen MR) is 63.9 cm³/mol. The van der Waals surface area contributed by atoms with Crippen molar-refractivity contribution in [2.45, 2.75) is 25.9 Å². The summed E-state index contributed by atoms with van der Waals surface area (Å²) in [6, 6.07) is 3.60. The minimum absolute atomic E-state index is 0.0589. The van der Waals surface area contributed by atoms with Crippen molar-refractivity contribution in [2.75, 3.05) is 13.1 Å². The lowest BCUT2D eigenvalue weighted by Crippen LogP contribution is -2.55. The standard InChI is InChI=1S/C12H17N3O2/c1-8-6-15(7-9(2)14-8)12(17)11-10(16)4-3-5-13-11/h3-5,8-9,14,16H,6-7H2,1-2H3. The Morgan fingerprint density at radius 3 is 2.71 bits per heavy atom. The highest BCUT2D eigenvalue weighted by atomic mass is 16.3. The number of carbonyl (C=O) groups excluding carboxylic acids is 1. The summed E-state index contributed by atoms with van der Waals surface area (Å²) in [4.78, 5) is 17.9. The second-order valence-electron chi connectivity index (χ2n) is 4.55. The van der Waals surface area contributed by atoms with Gasteiger partial charge in [-0.25, -0.2) is 4.98 Å². The summed E-state index contributed by atoms with van der Waals surface area (Å²) < 4.78 is 0. The maximum absolute atomic E-state index is 12.2. The van der Waals surface area contributed by atoms with Crippen LogP contribution >= 0.6 is 0 Å². The fraction of sp³-hybridized carbons (Fsp3) is 0.500. The first-order valence-electron chi connectivity index (χ1n) is 5.77. The van der Waals surface area contributed by atoms with Crippen molar-refractivity contribution in [3.05, 3.63) is 24.0 Å². The first-order valence-corrected chi connectivity index (χ1v) is 5.77. The van der Waals surface area contributed by atoms with Gasteiger partial charge in [-0.3, -0.25) is 4.79 Å². The van der Waals surface area contributed by atoms with Gasteiger partial charge in [0.25, 0.3) is 5.91 Å². The number of aromatic nitrogens is 1. The average Bonchev–Trinajstić information content (AvgIpc) is 2.27. The van der Waals surface area contributed by atoms with Crippen LogP contribution in [0.4, 0.5) is 0 Å². The molecule has 1 saturated heterocycles. The summed E-state index contributed by atoms with van der Waals surface area (Å²) >= 11 is 0. The van der Waals surface area contributed by atoms with Crippen molar-refractivity contribution in [3.8, 4) is 5.75 Å². The molecule has 0 bridgehead atoms. The number of nitrogens with zero attached hydrogens (tertiary/aromatic N) is 2. The van der Waals surface area contributed by atoms with Crippen molar-refractivity contribution >= 4 is 5.91 Å². The minimum Gasteiger partial charge on any atom is -0.505 e. The number of hydrogen-bond acceptors (Lipinski definition) is 4. The molecular weight excluding hydrogens is 218 g/mol. The lowest BCUT2D eigenvalue weighted by Gasteiger charge is -2.36. The Bertz CT molecular complexity index is 412. The van der Waals surface area contributed by atoms with Crippen LogP contribution in [0.3, 0.4) is 0 Å². The van der Waals surface area contributed by atoms with Crippen LogP contribution in [0.25, 0.3) is 0 Å². The first kappa shape index (κ1) is 11.9. The molecule has 5 heteroatoms. The van der Waals surface area contributed by atoms with Crippen molar-refractivity contribution in [1.29, 1.82) is 0 Å². The molecule has 17 heavy (non-hydrogen) atoms. The van der Waals surface area contributed by atoms with Crippen LogP contribution in [-0.2, 0) is 0 Å². The Morgan fingerprint density at radius 1 is 1.47 bits per heavy atom. The average molecular weight is 235 g/mol. The molecule has 0 aliphatic carbocycles. The number of piperazine rings is 1. The van der Waals surface area contributed by atoms with Gasteiger partial charge in [-0.2, -0.15) is 0 Å². The lowest BCUT2D eigenvalue weighted by atomic mass is 10.1. The lowest BCUT2D eigenvalue weighted by molar-refractivity contribution is 0.0664. The fourth-order valence-corrected chi connectivity index (χ4v) is 2.20. The Balaban J connectivity index is 2.17. The second-order valence-corrected chi connectivity index (χ2v) is 4.55. The Kier molecular flexibility index (Phi) is 3.28. The number of rotatable bonds is 1. The summed E-state index contributed by atoms with van der Waals surface area (Å²) in [5, 5.41) is 13.0. The zero-order valence-electron chi connectivity index (χ0n) is 10.1. The van der Waals surface area contributed by atoms with Crippen LogP contribution in [0, 0.1) is 0 Å². The topological polar surface area (TPSA) is 65.5 Å². The van der Waals surface area contributed by atoms with Crippen molar-refractivity contribution < 1.29 is 9.90 Å². The first-order chi connectivity index (χ1) is 8.08. The van der Waals surface area contributed by atoms with Gasteiger partial charge in [-0.05, 0) is 26.0 Å². The van der Waals surface area contributed by atoms with E-state index in [9.17, 15) is 9.90 Å². The number of amides is 1. The Morgan fingerprint density at radius 2 is 2.12 bits per heavy atom. The van der Waals surface area contributed by atoms with Gasteiger partial charge in [0.15, 0.2) is 5.69 Å². The third-order valence-corrected chi connectivity index (χ3v) is 2.83. The van der Waals surface area contributed by atoms with E-state index in [1.54, 1.807) is 11.0 Å². The van der Waals surface area contributed by atoms with Gasteiger partial charge in [0.1, 0.15) is 5.75 Å². The molecule has 5 nitrogen and oxygen atoms in total. The van der Waals surface area contributed by atoms with Crippen molar-refractivity contribution in [1.82, 2.24) is 15.2 Å². The third kappa shape index (κ3) is 2.55. The maximum atomic E-state index is 12.2. The number of pyridine rings is 1. The van der Waals surface area contributed by atoms with E-state index < -0.39 is 0 Å². The minimum atomic E-state index is -0.205. The molecule has 0 aromatic carbocycles. The van der Waals surface area contributed by atoms with Gasteiger partial charge >= 0.3 is 0 Å². The second kappa shape index (κ2) is 4.71. The Labute approximate surface area is 100 Å². The molecule has 2 rings (SSSR count). The number of aromatic hydroxyl groups is 1. The van der Waals surface area contributed by atoms with Gasteiger partial charge in [0, 0.05) is 31.4 Å². The molecule has 92 valence electrons. The highest BCUT2D eigenvalue weighted by molar-refractivity contribution is 5.94. The van der Waals surface area contributed by atoms with Crippen LogP contribution in [0.1, 0.15) is 24.3 Å². The smallest absolute Gasteiger partial charge is 0.276 e. The van der Waals surface area contributed by atoms with E-state index >= 15 is 0 Å². The van der Waals surface area contributed by atoms with Gasteiger partial charge in [-0.15, -0.1) is 0 Å². The van der Waals surface area contributed by atoms with E-state index in [4.69, 9.17) is 0 Å². The van der Waals surface area contributed by atoms with Crippen LogP contribution in [0.2, 0.25) is 0 Å². The molecule has 2 unspecified atom stereocenters. The summed E-state index contributed by atoms with van der Waals surface area (Å²) in [7, 11) is 0. The zero-order chi connectivity index (χ0) is 12.4. The molecule has 0 spiro atoms. The van der Waals surface area contributed by atoms with Gasteiger partial charge in [-0.1, -0.05) is 0 Å². The molecule has 1 fully saturated rings. The van der Waals surface area contributed by atoms with E-state index in [0.29, 0.717) is 13.1 Å². The summed E-state index contributed by atoms with van der Waals surface area (Å²) in [6.45, 7) is 5.35. The van der Waals surface area contributed by atoms with Crippen LogP contribution in [0.15, 0.2) is 18.3 Å². The number of hydrogen-bond donors (Lipinski definition) is 2. The molecule has 1 aliphatic rings. The monoisotopic (exact) mass is 235 g/mol. The summed E-state index contributed by atoms with van der Waals surface area (Å²) in [5.74, 6) is -0.264. The predicted octanol–water partition coefficient (Wildman–Crippen LogP) is 0.610. The Hall–Kier alpha value is -1.62. The molecule has 1 aromatic heterocycles. The van der Waals surface area contributed by atoms with Crippen LogP contribution in [-0.4, -0.2) is 46.1 Å². The molecule has 1 amide bonds. The van der Waals surface area contributed by atoms with Crippen LogP contribution < -0.4 is 5.32 Å². The molecule has 0 saturated carbocycles. The highest BCUT2D eigenvalue weighted by Gasteiger charge is 2.27. The molecule has 1 aromatic rings. The largest absolute Gasteiger partial charge is 0.505 e. The molecule has 2 heterocycles. The van der Waals surface area contributed by atoms with Gasteiger partial charge in [0.05, 0.1) is 0 Å². The van der Waals surface area contributed by atoms with E-state index in [2.05, 4.69) is 10.3 Å². The van der Waals surface area contributed by atoms with Crippen molar-refractivity contribution in [2.24, 2.45) is 0 Å². The normalized spacial score (nSPS) is 24.7. The molecular formula is C12H17N3O2. The van der Waals surface area contributed by atoms with Gasteiger partial charge in [0.2, 0.25) is 0 Å². The molecule has 0 radical (unpaired) electrons. The molecule has 1 aliphatic heterocycles. The maximum Gasteiger partial charge on any atom is 0.276 e.